The molecule has 1 aromatic rings. The van der Waals surface area contributed by atoms with Gasteiger partial charge in [-0.25, -0.2) is 8.42 Å². The van der Waals surface area contributed by atoms with Gasteiger partial charge in [0, 0.05) is 12.5 Å². The molecule has 0 amide bonds. The van der Waals surface area contributed by atoms with Gasteiger partial charge in [-0.3, -0.25) is 0 Å². The highest BCUT2D eigenvalue weighted by Crippen LogP contribution is 2.33. The van der Waals surface area contributed by atoms with E-state index in [-0.39, 0.29) is 23.6 Å². The normalized spacial score (nSPS) is 21.3. The van der Waals surface area contributed by atoms with Crippen molar-refractivity contribution >= 4 is 9.84 Å². The Bertz CT molecular complexity index is 554. The maximum absolute atomic E-state index is 12.0. The maximum atomic E-state index is 12.0. The molecule has 1 atom stereocenters. The molecule has 19 heavy (non-hydrogen) atoms. The molecule has 1 N–H and O–H groups in total. The van der Waals surface area contributed by atoms with Gasteiger partial charge in [0.25, 0.3) is 0 Å². The molecular formula is C12H14F3NO2S. The molecule has 1 aliphatic heterocycles. The first-order valence-corrected chi connectivity index (χ1v) is 7.57. The van der Waals surface area contributed by atoms with Crippen molar-refractivity contribution in [2.24, 2.45) is 0 Å². The van der Waals surface area contributed by atoms with Gasteiger partial charge in [0.1, 0.15) is 0 Å². The molecule has 0 bridgehead atoms. The summed E-state index contributed by atoms with van der Waals surface area (Å²) in [6.45, 7) is 0.147. The highest BCUT2D eigenvalue weighted by atomic mass is 32.2. The molecule has 0 saturated heterocycles. The number of sulfone groups is 1. The van der Waals surface area contributed by atoms with Crippen LogP contribution >= 0.6 is 0 Å². The molecule has 1 aromatic carbocycles. The minimum atomic E-state index is -4.17. The standard InChI is InChI=1S/C12H14F3NO2S/c13-12(14,15)6-3-7-16-10-8-19(17,18)11-5-2-1-4-9(10)11/h1-2,4-5,10,16H,3,6-8H2. The lowest BCUT2D eigenvalue weighted by Crippen LogP contribution is -2.25. The Balaban J connectivity index is 1.97. The third-order valence-corrected chi connectivity index (χ3v) is 4.86. The number of hydrogen-bond donors (Lipinski definition) is 1. The molecule has 0 aliphatic carbocycles. The summed E-state index contributed by atoms with van der Waals surface area (Å²) >= 11 is 0. The molecule has 0 fully saturated rings. The van der Waals surface area contributed by atoms with Crippen LogP contribution in [-0.2, 0) is 9.84 Å². The van der Waals surface area contributed by atoms with E-state index in [2.05, 4.69) is 5.32 Å². The van der Waals surface area contributed by atoms with E-state index in [1.165, 1.54) is 6.07 Å². The van der Waals surface area contributed by atoms with Crippen LogP contribution < -0.4 is 5.32 Å². The van der Waals surface area contributed by atoms with E-state index in [0.29, 0.717) is 5.56 Å². The number of fused-ring (bicyclic) bond motifs is 1. The largest absolute Gasteiger partial charge is 0.389 e. The van der Waals surface area contributed by atoms with Crippen LogP contribution in [0.15, 0.2) is 29.2 Å². The molecule has 0 aromatic heterocycles. The third-order valence-electron chi connectivity index (χ3n) is 3.04. The fraction of sp³-hybridized carbons (Fsp3) is 0.500. The molecule has 106 valence electrons. The van der Waals surface area contributed by atoms with Crippen molar-refractivity contribution in [2.75, 3.05) is 12.3 Å². The van der Waals surface area contributed by atoms with Crippen LogP contribution in [0.25, 0.3) is 0 Å². The number of halogens is 3. The second kappa shape index (κ2) is 5.13. The first kappa shape index (κ1) is 14.3. The Morgan fingerprint density at radius 2 is 1.95 bits per heavy atom. The van der Waals surface area contributed by atoms with Crippen molar-refractivity contribution in [3.63, 3.8) is 0 Å². The van der Waals surface area contributed by atoms with Crippen LogP contribution in [0.1, 0.15) is 24.4 Å². The van der Waals surface area contributed by atoms with Crippen LogP contribution in [-0.4, -0.2) is 26.9 Å². The van der Waals surface area contributed by atoms with Crippen molar-refractivity contribution < 1.29 is 21.6 Å². The lowest BCUT2D eigenvalue weighted by atomic mass is 10.1. The number of nitrogens with one attached hydrogen (secondary N) is 1. The lowest BCUT2D eigenvalue weighted by molar-refractivity contribution is -0.135. The Morgan fingerprint density at radius 3 is 2.63 bits per heavy atom. The van der Waals surface area contributed by atoms with Crippen molar-refractivity contribution in [3.05, 3.63) is 29.8 Å². The van der Waals surface area contributed by atoms with Gasteiger partial charge in [0.2, 0.25) is 0 Å². The molecule has 3 nitrogen and oxygen atoms in total. The van der Waals surface area contributed by atoms with E-state index < -0.39 is 28.5 Å². The predicted molar refractivity (Wildman–Crippen MR) is 64.5 cm³/mol. The smallest absolute Gasteiger partial charge is 0.309 e. The van der Waals surface area contributed by atoms with E-state index in [4.69, 9.17) is 0 Å². The van der Waals surface area contributed by atoms with E-state index >= 15 is 0 Å². The number of alkyl halides is 3. The first-order chi connectivity index (χ1) is 8.80. The molecule has 1 heterocycles. The van der Waals surface area contributed by atoms with Crippen molar-refractivity contribution in [1.82, 2.24) is 5.32 Å². The summed E-state index contributed by atoms with van der Waals surface area (Å²) in [5, 5.41) is 2.89. The summed E-state index contributed by atoms with van der Waals surface area (Å²) < 4.78 is 59.7. The monoisotopic (exact) mass is 293 g/mol. The van der Waals surface area contributed by atoms with Gasteiger partial charge in [0.15, 0.2) is 9.84 Å². The van der Waals surface area contributed by atoms with Crippen LogP contribution in [0, 0.1) is 0 Å². The van der Waals surface area contributed by atoms with Gasteiger partial charge < -0.3 is 5.32 Å². The van der Waals surface area contributed by atoms with Crippen LogP contribution in [0.4, 0.5) is 13.2 Å². The SMILES string of the molecule is O=S1(=O)CC(NCCCC(F)(F)F)c2ccccc21. The molecule has 0 spiro atoms. The minimum Gasteiger partial charge on any atom is -0.309 e. The van der Waals surface area contributed by atoms with Gasteiger partial charge >= 0.3 is 6.18 Å². The molecule has 7 heteroatoms. The zero-order chi connectivity index (χ0) is 14.1. The molecular weight excluding hydrogens is 279 g/mol. The molecule has 0 saturated carbocycles. The topological polar surface area (TPSA) is 46.2 Å². The highest BCUT2D eigenvalue weighted by molar-refractivity contribution is 7.91. The maximum Gasteiger partial charge on any atom is 0.389 e. The summed E-state index contributed by atoms with van der Waals surface area (Å²) in [6.07, 6.45) is -5.08. The molecule has 1 aliphatic rings. The Labute approximate surface area is 109 Å². The Morgan fingerprint density at radius 1 is 1.26 bits per heavy atom. The summed E-state index contributed by atoms with van der Waals surface area (Å²) in [4.78, 5) is 0.281. The van der Waals surface area contributed by atoms with Crippen molar-refractivity contribution in [1.29, 1.82) is 0 Å². The van der Waals surface area contributed by atoms with Crippen LogP contribution in [0.5, 0.6) is 0 Å². The quantitative estimate of drug-likeness (QED) is 0.867. The highest BCUT2D eigenvalue weighted by Gasteiger charge is 2.34. The second-order valence-electron chi connectivity index (χ2n) is 4.54. The van der Waals surface area contributed by atoms with E-state index in [1.54, 1.807) is 18.2 Å². The van der Waals surface area contributed by atoms with Gasteiger partial charge in [-0.2, -0.15) is 13.2 Å². The summed E-state index contributed by atoms with van der Waals surface area (Å²) in [7, 11) is -3.31. The summed E-state index contributed by atoms with van der Waals surface area (Å²) in [6, 6.07) is 6.19. The van der Waals surface area contributed by atoms with Gasteiger partial charge in [0.05, 0.1) is 10.6 Å². The average molecular weight is 293 g/mol. The van der Waals surface area contributed by atoms with Crippen molar-refractivity contribution in [3.8, 4) is 0 Å². The molecule has 2 rings (SSSR count). The number of benzene rings is 1. The molecule has 0 radical (unpaired) electrons. The Kier molecular flexibility index (Phi) is 3.87. The van der Waals surface area contributed by atoms with Gasteiger partial charge in [-0.1, -0.05) is 18.2 Å². The molecule has 1 unspecified atom stereocenters. The minimum absolute atomic E-state index is 0.0534. The zero-order valence-electron chi connectivity index (χ0n) is 10.1. The van der Waals surface area contributed by atoms with E-state index in [9.17, 15) is 21.6 Å². The fourth-order valence-electron chi connectivity index (χ4n) is 2.18. The predicted octanol–water partition coefficient (Wildman–Crippen LogP) is 2.45. The van der Waals surface area contributed by atoms with E-state index in [0.717, 1.165) is 0 Å². The first-order valence-electron chi connectivity index (χ1n) is 5.91. The number of hydrogen-bond acceptors (Lipinski definition) is 3. The number of rotatable bonds is 4. The summed E-state index contributed by atoms with van der Waals surface area (Å²) in [5.74, 6) is -0.0850. The second-order valence-corrected chi connectivity index (χ2v) is 6.55. The van der Waals surface area contributed by atoms with Crippen molar-refractivity contribution in [2.45, 2.75) is 30.0 Å². The summed E-state index contributed by atoms with van der Waals surface area (Å²) in [5.41, 5.74) is 0.648. The fourth-order valence-corrected chi connectivity index (χ4v) is 3.96. The van der Waals surface area contributed by atoms with Crippen LogP contribution in [0.2, 0.25) is 0 Å². The zero-order valence-corrected chi connectivity index (χ0v) is 10.9. The van der Waals surface area contributed by atoms with E-state index in [1.807, 2.05) is 0 Å². The van der Waals surface area contributed by atoms with Gasteiger partial charge in [-0.15, -0.1) is 0 Å². The third kappa shape index (κ3) is 3.48. The van der Waals surface area contributed by atoms with Crippen LogP contribution in [0.3, 0.4) is 0 Å². The average Bonchev–Trinajstić information content (AvgIpc) is 2.57. The lowest BCUT2D eigenvalue weighted by Gasteiger charge is -2.13. The van der Waals surface area contributed by atoms with Gasteiger partial charge in [-0.05, 0) is 24.6 Å². The Hall–Kier alpha value is -1.08.